The maximum absolute atomic E-state index is 13.3. The van der Waals surface area contributed by atoms with Gasteiger partial charge in [0.15, 0.2) is 5.43 Å². The third kappa shape index (κ3) is 3.92. The molecule has 0 aliphatic carbocycles. The zero-order valence-electron chi connectivity index (χ0n) is 15.3. The topological polar surface area (TPSA) is 46.2 Å². The molecule has 4 aromatic rings. The van der Waals surface area contributed by atoms with E-state index in [9.17, 15) is 9.59 Å². The van der Waals surface area contributed by atoms with E-state index in [0.717, 1.165) is 15.8 Å². The zero-order valence-corrected chi connectivity index (χ0v) is 17.7. The molecule has 0 aliphatic rings. The van der Waals surface area contributed by atoms with Gasteiger partial charge in [0.05, 0.1) is 16.1 Å². The molecule has 0 aliphatic heterocycles. The molecule has 1 amide bonds. The van der Waals surface area contributed by atoms with Crippen molar-refractivity contribution in [1.29, 1.82) is 0 Å². The van der Waals surface area contributed by atoms with Crippen molar-refractivity contribution in [3.8, 4) is 11.1 Å². The highest BCUT2D eigenvalue weighted by atomic mass is 35.5. The predicted octanol–water partition coefficient (Wildman–Crippen LogP) is 6.80. The van der Waals surface area contributed by atoms with E-state index in [1.165, 1.54) is 17.4 Å². The maximum atomic E-state index is 13.3. The largest absolute Gasteiger partial charge is 0.313 e. The van der Waals surface area contributed by atoms with Gasteiger partial charge in [-0.2, -0.15) is 0 Å². The van der Waals surface area contributed by atoms with Gasteiger partial charge >= 0.3 is 0 Å². The minimum absolute atomic E-state index is 0.124. The van der Waals surface area contributed by atoms with Crippen molar-refractivity contribution in [2.75, 3.05) is 5.32 Å². The first kappa shape index (κ1) is 19.6. The highest BCUT2D eigenvalue weighted by Gasteiger charge is 2.18. The number of hydrogen-bond acceptors (Lipinski definition) is 3. The van der Waals surface area contributed by atoms with Crippen molar-refractivity contribution in [2.45, 2.75) is 6.92 Å². The van der Waals surface area contributed by atoms with E-state index in [-0.39, 0.29) is 10.5 Å². The fourth-order valence-corrected chi connectivity index (χ4v) is 4.64. The summed E-state index contributed by atoms with van der Waals surface area (Å²) in [5, 5.41) is 4.68. The van der Waals surface area contributed by atoms with Gasteiger partial charge in [-0.25, -0.2) is 0 Å². The third-order valence-electron chi connectivity index (χ3n) is 4.54. The average molecular weight is 440 g/mol. The van der Waals surface area contributed by atoms with Crippen molar-refractivity contribution >= 4 is 55.5 Å². The summed E-state index contributed by atoms with van der Waals surface area (Å²) >= 11 is 13.5. The lowest BCUT2D eigenvalue weighted by Gasteiger charge is -2.13. The van der Waals surface area contributed by atoms with Gasteiger partial charge in [-0.05, 0) is 42.8 Å². The number of aryl methyl sites for hydroxylation is 1. The van der Waals surface area contributed by atoms with E-state index in [1.54, 1.807) is 18.2 Å². The Morgan fingerprint density at radius 3 is 2.41 bits per heavy atom. The van der Waals surface area contributed by atoms with Crippen LogP contribution in [0.1, 0.15) is 15.9 Å². The van der Waals surface area contributed by atoms with Crippen LogP contribution in [-0.2, 0) is 0 Å². The van der Waals surface area contributed by atoms with E-state index in [4.69, 9.17) is 23.2 Å². The molecule has 4 rings (SSSR count). The Labute approximate surface area is 181 Å². The van der Waals surface area contributed by atoms with Crippen LogP contribution in [0.4, 0.5) is 5.00 Å². The van der Waals surface area contributed by atoms with Crippen LogP contribution in [0.25, 0.3) is 21.2 Å². The summed E-state index contributed by atoms with van der Waals surface area (Å²) in [7, 11) is 0. The Balaban J connectivity index is 1.88. The number of hydrogen-bond donors (Lipinski definition) is 1. The fraction of sp³-hybridized carbons (Fsp3) is 0.0435. The van der Waals surface area contributed by atoms with Crippen LogP contribution in [0.15, 0.2) is 71.5 Å². The molecule has 6 heteroatoms. The lowest BCUT2D eigenvalue weighted by molar-refractivity contribution is 0.102. The number of amides is 1. The summed E-state index contributed by atoms with van der Waals surface area (Å²) in [6.45, 7) is 1.98. The minimum Gasteiger partial charge on any atom is -0.313 e. The lowest BCUT2D eigenvalue weighted by atomic mass is 10.0. The number of fused-ring (bicyclic) bond motifs is 1. The molecule has 0 saturated carbocycles. The summed E-state index contributed by atoms with van der Waals surface area (Å²) in [5.41, 5.74) is 2.47. The van der Waals surface area contributed by atoms with Crippen LogP contribution in [0.2, 0.25) is 10.0 Å². The molecule has 3 aromatic carbocycles. The highest BCUT2D eigenvalue weighted by molar-refractivity contribution is 7.22. The SMILES string of the molecule is Cc1ccc(-c2c(NC(=O)c3ccc(Cl)cc3Cl)sc3ccccc3c2=O)cc1. The van der Waals surface area contributed by atoms with Crippen LogP contribution in [0.3, 0.4) is 0 Å². The molecule has 0 spiro atoms. The number of benzene rings is 3. The van der Waals surface area contributed by atoms with Crippen molar-refractivity contribution in [3.05, 3.63) is 98.1 Å². The number of carbonyl (C=O) groups excluding carboxylic acids is 1. The second kappa shape index (κ2) is 7.99. The van der Waals surface area contributed by atoms with Gasteiger partial charge in [0, 0.05) is 15.1 Å². The van der Waals surface area contributed by atoms with Crippen LogP contribution in [-0.4, -0.2) is 5.91 Å². The molecule has 144 valence electrons. The summed E-state index contributed by atoms with van der Waals surface area (Å²) < 4.78 is 0.797. The molecule has 1 aromatic heterocycles. The van der Waals surface area contributed by atoms with Crippen LogP contribution < -0.4 is 10.7 Å². The minimum atomic E-state index is -0.397. The Morgan fingerprint density at radius 2 is 1.69 bits per heavy atom. The van der Waals surface area contributed by atoms with Gasteiger partial charge in [0.2, 0.25) is 0 Å². The van der Waals surface area contributed by atoms with Crippen molar-refractivity contribution in [1.82, 2.24) is 0 Å². The molecule has 0 atom stereocenters. The van der Waals surface area contributed by atoms with Gasteiger partial charge in [-0.15, -0.1) is 11.3 Å². The van der Waals surface area contributed by atoms with Gasteiger partial charge in [-0.1, -0.05) is 65.2 Å². The summed E-state index contributed by atoms with van der Waals surface area (Å²) in [6.07, 6.45) is 0. The van der Waals surface area contributed by atoms with E-state index in [2.05, 4.69) is 5.32 Å². The molecular weight excluding hydrogens is 425 g/mol. The van der Waals surface area contributed by atoms with E-state index in [1.807, 2.05) is 49.4 Å². The third-order valence-corrected chi connectivity index (χ3v) is 6.17. The van der Waals surface area contributed by atoms with E-state index < -0.39 is 5.91 Å². The van der Waals surface area contributed by atoms with Crippen LogP contribution in [0.5, 0.6) is 0 Å². The number of rotatable bonds is 3. The molecular formula is C23H15Cl2NO2S. The smallest absolute Gasteiger partial charge is 0.257 e. The molecule has 1 heterocycles. The highest BCUT2D eigenvalue weighted by Crippen LogP contribution is 2.34. The van der Waals surface area contributed by atoms with Gasteiger partial charge in [0.25, 0.3) is 5.91 Å². The zero-order chi connectivity index (χ0) is 20.5. The maximum Gasteiger partial charge on any atom is 0.257 e. The number of carbonyl (C=O) groups is 1. The van der Waals surface area contributed by atoms with Crippen molar-refractivity contribution in [2.24, 2.45) is 0 Å². The summed E-state index contributed by atoms with van der Waals surface area (Å²) in [5.74, 6) is -0.397. The van der Waals surface area contributed by atoms with Gasteiger partial charge in [0.1, 0.15) is 5.00 Å². The first-order chi connectivity index (χ1) is 13.9. The second-order valence-corrected chi connectivity index (χ2v) is 8.47. The molecule has 0 saturated heterocycles. The first-order valence-corrected chi connectivity index (χ1v) is 10.4. The van der Waals surface area contributed by atoms with Crippen molar-refractivity contribution in [3.63, 3.8) is 0 Å². The molecule has 0 bridgehead atoms. The van der Waals surface area contributed by atoms with E-state index in [0.29, 0.717) is 26.5 Å². The molecule has 0 radical (unpaired) electrons. The van der Waals surface area contributed by atoms with Gasteiger partial charge in [-0.3, -0.25) is 9.59 Å². The quantitative estimate of drug-likeness (QED) is 0.381. The monoisotopic (exact) mass is 439 g/mol. The number of nitrogens with one attached hydrogen (secondary N) is 1. The standard InChI is InChI=1S/C23H15Cl2NO2S/c1-13-6-8-14(9-7-13)20-21(27)17-4-2-3-5-19(17)29-23(20)26-22(28)16-11-10-15(24)12-18(16)25/h2-12H,1H3,(H,26,28). The fourth-order valence-electron chi connectivity index (χ4n) is 3.06. The average Bonchev–Trinajstić information content (AvgIpc) is 2.69. The number of halogens is 2. The van der Waals surface area contributed by atoms with Gasteiger partial charge < -0.3 is 5.32 Å². The molecule has 29 heavy (non-hydrogen) atoms. The predicted molar refractivity (Wildman–Crippen MR) is 123 cm³/mol. The summed E-state index contributed by atoms with van der Waals surface area (Å²) in [6, 6.07) is 19.7. The van der Waals surface area contributed by atoms with E-state index >= 15 is 0 Å². The first-order valence-electron chi connectivity index (χ1n) is 8.83. The normalized spacial score (nSPS) is 10.9. The molecule has 0 fully saturated rings. The lowest BCUT2D eigenvalue weighted by Crippen LogP contribution is -2.16. The van der Waals surface area contributed by atoms with Crippen LogP contribution in [0, 0.1) is 6.92 Å². The Bertz CT molecular complexity index is 1300. The Morgan fingerprint density at radius 1 is 0.966 bits per heavy atom. The molecule has 1 N–H and O–H groups in total. The summed E-state index contributed by atoms with van der Waals surface area (Å²) in [4.78, 5) is 26.2. The van der Waals surface area contributed by atoms with Crippen molar-refractivity contribution < 1.29 is 4.79 Å². The van der Waals surface area contributed by atoms with Crippen LogP contribution >= 0.6 is 34.5 Å². The number of anilines is 1. The molecule has 3 nitrogen and oxygen atoms in total. The molecule has 0 unspecified atom stereocenters. The Hall–Kier alpha value is -2.66. The Kier molecular flexibility index (Phi) is 5.41. The second-order valence-electron chi connectivity index (χ2n) is 6.58.